The van der Waals surface area contributed by atoms with E-state index in [1.807, 2.05) is 19.1 Å². The lowest BCUT2D eigenvalue weighted by Gasteiger charge is -2.05. The van der Waals surface area contributed by atoms with Gasteiger partial charge in [-0.2, -0.15) is 0 Å². The molecule has 3 nitrogen and oxygen atoms in total. The highest BCUT2D eigenvalue weighted by molar-refractivity contribution is 9.10. The van der Waals surface area contributed by atoms with Crippen molar-refractivity contribution in [1.82, 2.24) is 9.38 Å². The number of hydrogen-bond donors (Lipinski definition) is 1. The van der Waals surface area contributed by atoms with Gasteiger partial charge >= 0.3 is 0 Å². The van der Waals surface area contributed by atoms with Crippen molar-refractivity contribution in [3.63, 3.8) is 0 Å². The maximum atomic E-state index is 12.8. The summed E-state index contributed by atoms with van der Waals surface area (Å²) in [7, 11) is 0. The number of nitrogens with two attached hydrogens (primary N) is 1. The number of aryl methyl sites for hydroxylation is 1. The highest BCUT2D eigenvalue weighted by Crippen LogP contribution is 2.31. The molecule has 0 unspecified atom stereocenters. The van der Waals surface area contributed by atoms with Crippen LogP contribution in [0.2, 0.25) is 0 Å². The van der Waals surface area contributed by atoms with Crippen LogP contribution in [0.25, 0.3) is 16.9 Å². The molecule has 0 aliphatic rings. The van der Waals surface area contributed by atoms with Crippen molar-refractivity contribution in [2.45, 2.75) is 13.3 Å². The molecule has 0 fully saturated rings. The third-order valence-electron chi connectivity index (χ3n) is 3.41. The third-order valence-corrected chi connectivity index (χ3v) is 4.25. The molecule has 0 aliphatic carbocycles. The SMILES string of the molecule is Cc1c(Br)ccc2nc(-c3cccc(C(F)F)c3)c(N)n12. The van der Waals surface area contributed by atoms with Gasteiger partial charge in [-0.15, -0.1) is 0 Å². The van der Waals surface area contributed by atoms with E-state index in [1.54, 1.807) is 16.5 Å². The molecular weight excluding hydrogens is 340 g/mol. The molecule has 0 spiro atoms. The molecule has 108 valence electrons. The van der Waals surface area contributed by atoms with Crippen LogP contribution in [0.3, 0.4) is 0 Å². The fraction of sp³-hybridized carbons (Fsp3) is 0.133. The Kier molecular flexibility index (Phi) is 3.41. The number of anilines is 1. The summed E-state index contributed by atoms with van der Waals surface area (Å²) >= 11 is 3.44. The number of rotatable bonds is 2. The summed E-state index contributed by atoms with van der Waals surface area (Å²) in [5, 5.41) is 0. The zero-order valence-corrected chi connectivity index (χ0v) is 12.7. The summed E-state index contributed by atoms with van der Waals surface area (Å²) < 4.78 is 28.4. The number of aromatic nitrogens is 2. The lowest BCUT2D eigenvalue weighted by atomic mass is 10.1. The predicted molar refractivity (Wildman–Crippen MR) is 82.4 cm³/mol. The number of nitrogen functional groups attached to an aromatic ring is 1. The van der Waals surface area contributed by atoms with E-state index in [9.17, 15) is 8.78 Å². The number of fused-ring (bicyclic) bond motifs is 1. The topological polar surface area (TPSA) is 43.3 Å². The zero-order chi connectivity index (χ0) is 15.1. The van der Waals surface area contributed by atoms with Crippen LogP contribution in [0.15, 0.2) is 40.9 Å². The van der Waals surface area contributed by atoms with Crippen LogP contribution < -0.4 is 5.73 Å². The molecule has 0 amide bonds. The van der Waals surface area contributed by atoms with Crippen LogP contribution >= 0.6 is 15.9 Å². The van der Waals surface area contributed by atoms with Gasteiger partial charge in [-0.25, -0.2) is 13.8 Å². The predicted octanol–water partition coefficient (Wildman–Crippen LogP) is 4.59. The number of alkyl halides is 2. The number of nitrogens with zero attached hydrogens (tertiary/aromatic N) is 2. The van der Waals surface area contributed by atoms with Crippen LogP contribution in [-0.2, 0) is 0 Å². The highest BCUT2D eigenvalue weighted by Gasteiger charge is 2.15. The van der Waals surface area contributed by atoms with Gasteiger partial charge in [0.25, 0.3) is 6.43 Å². The second-order valence-corrected chi connectivity index (χ2v) is 5.59. The third kappa shape index (κ3) is 2.29. The number of pyridine rings is 1. The summed E-state index contributed by atoms with van der Waals surface area (Å²) in [5.41, 5.74) is 8.82. The zero-order valence-electron chi connectivity index (χ0n) is 11.1. The molecule has 6 heteroatoms. The summed E-state index contributed by atoms with van der Waals surface area (Å²) in [6.45, 7) is 1.91. The van der Waals surface area contributed by atoms with Gasteiger partial charge in [0, 0.05) is 21.3 Å². The summed E-state index contributed by atoms with van der Waals surface area (Å²) in [5.74, 6) is 0.440. The normalized spacial score (nSPS) is 11.5. The first-order valence-corrected chi connectivity index (χ1v) is 7.10. The Morgan fingerprint density at radius 2 is 2.00 bits per heavy atom. The van der Waals surface area contributed by atoms with E-state index >= 15 is 0 Å². The fourth-order valence-electron chi connectivity index (χ4n) is 2.32. The van der Waals surface area contributed by atoms with Gasteiger partial charge in [-0.3, -0.25) is 4.40 Å². The first-order valence-electron chi connectivity index (χ1n) is 6.30. The van der Waals surface area contributed by atoms with Crippen molar-refractivity contribution in [2.24, 2.45) is 0 Å². The molecule has 0 aliphatic heterocycles. The van der Waals surface area contributed by atoms with Gasteiger partial charge in [-0.1, -0.05) is 18.2 Å². The van der Waals surface area contributed by atoms with Crippen LogP contribution in [0.4, 0.5) is 14.6 Å². The standard InChI is InChI=1S/C15H12BrF2N3/c1-8-11(16)5-6-12-20-13(15(19)21(8)12)9-3-2-4-10(7-9)14(17)18/h2-7,14H,19H2,1H3. The molecule has 2 heterocycles. The maximum Gasteiger partial charge on any atom is 0.263 e. The second kappa shape index (κ2) is 5.11. The minimum Gasteiger partial charge on any atom is -0.383 e. The average Bonchev–Trinajstić information content (AvgIpc) is 2.81. The summed E-state index contributed by atoms with van der Waals surface area (Å²) in [6.07, 6.45) is -2.51. The Balaban J connectivity index is 2.24. The molecular formula is C15H12BrF2N3. The molecule has 1 aromatic carbocycles. The van der Waals surface area contributed by atoms with Crippen molar-refractivity contribution in [2.75, 3.05) is 5.73 Å². The molecule has 0 bridgehead atoms. The Morgan fingerprint density at radius 3 is 2.71 bits per heavy atom. The van der Waals surface area contributed by atoms with Crippen molar-refractivity contribution in [3.05, 3.63) is 52.1 Å². The van der Waals surface area contributed by atoms with Crippen molar-refractivity contribution < 1.29 is 8.78 Å². The molecule has 3 rings (SSSR count). The van der Waals surface area contributed by atoms with E-state index in [0.29, 0.717) is 22.7 Å². The Morgan fingerprint density at radius 1 is 1.24 bits per heavy atom. The van der Waals surface area contributed by atoms with E-state index in [0.717, 1.165) is 10.2 Å². The van der Waals surface area contributed by atoms with Crippen molar-refractivity contribution in [1.29, 1.82) is 0 Å². The molecule has 0 atom stereocenters. The smallest absolute Gasteiger partial charge is 0.263 e. The van der Waals surface area contributed by atoms with Gasteiger partial charge in [-0.05, 0) is 41.1 Å². The molecule has 21 heavy (non-hydrogen) atoms. The summed E-state index contributed by atoms with van der Waals surface area (Å²) in [4.78, 5) is 4.46. The Hall–Kier alpha value is -1.95. The molecule has 2 N–H and O–H groups in total. The van der Waals surface area contributed by atoms with Crippen LogP contribution in [0.5, 0.6) is 0 Å². The first-order chi connectivity index (χ1) is 9.99. The van der Waals surface area contributed by atoms with Gasteiger partial charge in [0.2, 0.25) is 0 Å². The maximum absolute atomic E-state index is 12.8. The number of halogens is 3. The summed E-state index contributed by atoms with van der Waals surface area (Å²) in [6, 6.07) is 9.84. The lowest BCUT2D eigenvalue weighted by Crippen LogP contribution is -1.98. The minimum absolute atomic E-state index is 0.0399. The second-order valence-electron chi connectivity index (χ2n) is 4.73. The largest absolute Gasteiger partial charge is 0.383 e. The average molecular weight is 352 g/mol. The van der Waals surface area contributed by atoms with Gasteiger partial charge in [0.1, 0.15) is 17.2 Å². The Labute approximate surface area is 128 Å². The monoisotopic (exact) mass is 351 g/mol. The van der Waals surface area contributed by atoms with E-state index < -0.39 is 6.43 Å². The molecule has 0 saturated heterocycles. The Bertz CT molecular complexity index is 827. The van der Waals surface area contributed by atoms with E-state index in [4.69, 9.17) is 5.73 Å². The van der Waals surface area contributed by atoms with Crippen molar-refractivity contribution >= 4 is 27.4 Å². The van der Waals surface area contributed by atoms with Gasteiger partial charge < -0.3 is 5.73 Å². The number of benzene rings is 1. The quantitative estimate of drug-likeness (QED) is 0.733. The molecule has 0 saturated carbocycles. The van der Waals surface area contributed by atoms with E-state index in [1.165, 1.54) is 12.1 Å². The van der Waals surface area contributed by atoms with Crippen LogP contribution in [0.1, 0.15) is 17.7 Å². The molecule has 0 radical (unpaired) electrons. The van der Waals surface area contributed by atoms with E-state index in [-0.39, 0.29) is 5.56 Å². The fourth-order valence-corrected chi connectivity index (χ4v) is 2.63. The minimum atomic E-state index is -2.51. The number of imidazole rings is 1. The highest BCUT2D eigenvalue weighted by atomic mass is 79.9. The molecule has 3 aromatic rings. The van der Waals surface area contributed by atoms with E-state index in [2.05, 4.69) is 20.9 Å². The van der Waals surface area contributed by atoms with Gasteiger partial charge in [0.05, 0.1) is 0 Å². The van der Waals surface area contributed by atoms with Gasteiger partial charge in [0.15, 0.2) is 0 Å². The van der Waals surface area contributed by atoms with Crippen molar-refractivity contribution in [3.8, 4) is 11.3 Å². The lowest BCUT2D eigenvalue weighted by molar-refractivity contribution is 0.151. The van der Waals surface area contributed by atoms with Crippen LogP contribution in [0, 0.1) is 6.92 Å². The van der Waals surface area contributed by atoms with Crippen LogP contribution in [-0.4, -0.2) is 9.38 Å². The first kappa shape index (κ1) is 14.0. The molecule has 2 aromatic heterocycles. The number of hydrogen-bond acceptors (Lipinski definition) is 2.